The smallest absolute Gasteiger partial charge is 0.341 e. The van der Waals surface area contributed by atoms with Gasteiger partial charge in [0.05, 0.1) is 19.0 Å². The number of carbonyl (C=O) groups is 2. The van der Waals surface area contributed by atoms with Gasteiger partial charge in [-0.3, -0.25) is 9.36 Å². The lowest BCUT2D eigenvalue weighted by Crippen LogP contribution is -2.17. The molecule has 4 rings (SSSR count). The molecule has 0 fully saturated rings. The molecule has 208 valence electrons. The number of nitrogens with one attached hydrogen (secondary N) is 1. The number of thiophene rings is 1. The van der Waals surface area contributed by atoms with E-state index in [-0.39, 0.29) is 18.3 Å². The van der Waals surface area contributed by atoms with Gasteiger partial charge in [-0.25, -0.2) is 4.79 Å². The van der Waals surface area contributed by atoms with Gasteiger partial charge < -0.3 is 14.8 Å². The van der Waals surface area contributed by atoms with Crippen LogP contribution in [0.3, 0.4) is 0 Å². The highest BCUT2D eigenvalue weighted by Crippen LogP contribution is 2.36. The summed E-state index contributed by atoms with van der Waals surface area (Å²) in [6, 6.07) is 17.3. The van der Waals surface area contributed by atoms with Crippen molar-refractivity contribution in [3.05, 3.63) is 78.2 Å². The highest BCUT2D eigenvalue weighted by molar-refractivity contribution is 7.99. The number of rotatable bonds is 13. The zero-order valence-corrected chi connectivity index (χ0v) is 24.4. The molecule has 8 nitrogen and oxygen atoms in total. The largest absolute Gasteiger partial charge is 0.493 e. The quantitative estimate of drug-likeness (QED) is 0.106. The lowest BCUT2D eigenvalue weighted by Gasteiger charge is -2.11. The van der Waals surface area contributed by atoms with Gasteiger partial charge in [0, 0.05) is 23.1 Å². The number of carbonyl (C=O) groups excluding carboxylic acids is 2. The fourth-order valence-electron chi connectivity index (χ4n) is 3.84. The third kappa shape index (κ3) is 7.19. The molecular formula is C30H32N4O4S2. The van der Waals surface area contributed by atoms with Crippen molar-refractivity contribution in [3.63, 3.8) is 0 Å². The molecule has 0 bridgehead atoms. The van der Waals surface area contributed by atoms with E-state index in [0.717, 1.165) is 22.4 Å². The van der Waals surface area contributed by atoms with Crippen molar-refractivity contribution < 1.29 is 19.1 Å². The summed E-state index contributed by atoms with van der Waals surface area (Å²) in [5.41, 5.74) is 2.84. The summed E-state index contributed by atoms with van der Waals surface area (Å²) in [4.78, 5) is 25.8. The molecular weight excluding hydrogens is 544 g/mol. The topological polar surface area (TPSA) is 95.3 Å². The van der Waals surface area contributed by atoms with Crippen LogP contribution in [0.25, 0.3) is 22.5 Å². The van der Waals surface area contributed by atoms with E-state index in [9.17, 15) is 9.59 Å². The maximum Gasteiger partial charge on any atom is 0.341 e. The van der Waals surface area contributed by atoms with Crippen molar-refractivity contribution in [2.24, 2.45) is 5.92 Å². The predicted molar refractivity (Wildman–Crippen MR) is 161 cm³/mol. The van der Waals surface area contributed by atoms with Gasteiger partial charge in [0.25, 0.3) is 0 Å². The standard InChI is InChI=1S/C30H32N4O4S2/c1-5-16-34-27(22-12-14-23(15-13-22)38-17-20(3)4)32-33-30(34)40-19-25(35)31-28-26(29(36)37-6-2)24(18-39-28)21-10-8-7-9-11-21/h5,7-15,18,20H,1,6,16-17,19H2,2-4H3,(H,31,35). The number of hydrogen-bond acceptors (Lipinski definition) is 8. The average Bonchev–Trinajstić information content (AvgIpc) is 3.56. The summed E-state index contributed by atoms with van der Waals surface area (Å²) in [5, 5.41) is 14.5. The molecule has 0 radical (unpaired) electrons. The van der Waals surface area contributed by atoms with E-state index in [4.69, 9.17) is 9.47 Å². The first-order chi connectivity index (χ1) is 19.4. The number of ether oxygens (including phenoxy) is 2. The highest BCUT2D eigenvalue weighted by atomic mass is 32.2. The Labute approximate surface area is 242 Å². The Kier molecular flexibility index (Phi) is 10.2. The minimum absolute atomic E-state index is 0.0814. The Morgan fingerprint density at radius 1 is 1.10 bits per heavy atom. The zero-order chi connectivity index (χ0) is 28.5. The Bertz CT molecular complexity index is 1450. The van der Waals surface area contributed by atoms with Crippen molar-refractivity contribution in [1.82, 2.24) is 14.8 Å². The van der Waals surface area contributed by atoms with Gasteiger partial charge in [0.2, 0.25) is 5.91 Å². The predicted octanol–water partition coefficient (Wildman–Crippen LogP) is 6.80. The molecule has 0 saturated heterocycles. The Morgan fingerprint density at radius 3 is 2.52 bits per heavy atom. The number of benzene rings is 2. The third-order valence-electron chi connectivity index (χ3n) is 5.67. The molecule has 1 amide bonds. The van der Waals surface area contributed by atoms with Crippen LogP contribution < -0.4 is 10.1 Å². The molecule has 0 aliphatic rings. The van der Waals surface area contributed by atoms with Gasteiger partial charge in [0.1, 0.15) is 16.3 Å². The van der Waals surface area contributed by atoms with E-state index in [2.05, 4.69) is 35.9 Å². The van der Waals surface area contributed by atoms with Crippen molar-refractivity contribution in [2.45, 2.75) is 32.5 Å². The minimum Gasteiger partial charge on any atom is -0.493 e. The van der Waals surface area contributed by atoms with Crippen molar-refractivity contribution in [3.8, 4) is 28.3 Å². The van der Waals surface area contributed by atoms with E-state index >= 15 is 0 Å². The first-order valence-corrected chi connectivity index (χ1v) is 14.8. The van der Waals surface area contributed by atoms with E-state index in [1.807, 2.05) is 64.5 Å². The number of allylic oxidation sites excluding steroid dienone is 1. The Hall–Kier alpha value is -3.89. The first-order valence-electron chi connectivity index (χ1n) is 12.9. The Morgan fingerprint density at radius 2 is 1.85 bits per heavy atom. The van der Waals surface area contributed by atoms with Gasteiger partial charge in [0.15, 0.2) is 11.0 Å². The van der Waals surface area contributed by atoms with Gasteiger partial charge in [-0.05, 0) is 42.7 Å². The third-order valence-corrected chi connectivity index (χ3v) is 7.53. The van der Waals surface area contributed by atoms with Gasteiger partial charge in [-0.2, -0.15) is 0 Å². The van der Waals surface area contributed by atoms with Crippen molar-refractivity contribution >= 4 is 40.0 Å². The second kappa shape index (κ2) is 14.0. The number of thioether (sulfide) groups is 1. The monoisotopic (exact) mass is 576 g/mol. The second-order valence-corrected chi connectivity index (χ2v) is 11.0. The molecule has 0 saturated carbocycles. The van der Waals surface area contributed by atoms with Crippen LogP contribution in [-0.2, 0) is 16.1 Å². The van der Waals surface area contributed by atoms with Crippen LogP contribution in [0.15, 0.2) is 77.8 Å². The van der Waals surface area contributed by atoms with E-state index in [0.29, 0.717) is 40.6 Å². The Balaban J connectivity index is 1.48. The molecule has 0 unspecified atom stereocenters. The van der Waals surface area contributed by atoms with Gasteiger partial charge >= 0.3 is 5.97 Å². The van der Waals surface area contributed by atoms with Crippen LogP contribution in [0.5, 0.6) is 5.75 Å². The fraction of sp³-hybridized carbons (Fsp3) is 0.267. The van der Waals surface area contributed by atoms with Crippen LogP contribution in [-0.4, -0.2) is 45.6 Å². The molecule has 2 aromatic heterocycles. The summed E-state index contributed by atoms with van der Waals surface area (Å²) in [6.07, 6.45) is 1.76. The molecule has 4 aromatic rings. The maximum absolute atomic E-state index is 13.0. The van der Waals surface area contributed by atoms with Gasteiger partial charge in [-0.1, -0.05) is 62.0 Å². The summed E-state index contributed by atoms with van der Waals surface area (Å²) >= 11 is 2.56. The lowest BCUT2D eigenvalue weighted by molar-refractivity contribution is -0.113. The van der Waals surface area contributed by atoms with E-state index in [1.165, 1.54) is 23.1 Å². The van der Waals surface area contributed by atoms with Crippen LogP contribution in [0, 0.1) is 5.92 Å². The summed E-state index contributed by atoms with van der Waals surface area (Å²) in [5.74, 6) is 1.26. The average molecular weight is 577 g/mol. The molecule has 0 spiro atoms. The number of nitrogens with zero attached hydrogens (tertiary/aromatic N) is 3. The van der Waals surface area contributed by atoms with E-state index < -0.39 is 5.97 Å². The first kappa shape index (κ1) is 29.1. The molecule has 40 heavy (non-hydrogen) atoms. The molecule has 0 atom stereocenters. The SMILES string of the molecule is C=CCn1c(SCC(=O)Nc2scc(-c3ccccc3)c2C(=O)OCC)nnc1-c1ccc(OCC(C)C)cc1. The van der Waals surface area contributed by atoms with E-state index in [1.54, 1.807) is 13.0 Å². The number of anilines is 1. The minimum atomic E-state index is -0.471. The summed E-state index contributed by atoms with van der Waals surface area (Å²) in [6.45, 7) is 11.2. The number of aromatic nitrogens is 3. The second-order valence-electron chi connectivity index (χ2n) is 9.21. The van der Waals surface area contributed by atoms with Crippen molar-refractivity contribution in [2.75, 3.05) is 24.3 Å². The fourth-order valence-corrected chi connectivity index (χ4v) is 5.57. The summed E-state index contributed by atoms with van der Waals surface area (Å²) < 4.78 is 13.0. The zero-order valence-electron chi connectivity index (χ0n) is 22.8. The number of hydrogen-bond donors (Lipinski definition) is 1. The summed E-state index contributed by atoms with van der Waals surface area (Å²) in [7, 11) is 0. The molecule has 0 aliphatic carbocycles. The molecule has 1 N–H and O–H groups in total. The number of esters is 1. The van der Waals surface area contributed by atoms with Crippen LogP contribution in [0.1, 0.15) is 31.1 Å². The van der Waals surface area contributed by atoms with Crippen LogP contribution in [0.2, 0.25) is 0 Å². The normalized spacial score (nSPS) is 10.9. The molecule has 2 aromatic carbocycles. The van der Waals surface area contributed by atoms with Gasteiger partial charge in [-0.15, -0.1) is 28.1 Å². The van der Waals surface area contributed by atoms with Crippen LogP contribution in [0.4, 0.5) is 5.00 Å². The number of amides is 1. The molecule has 10 heteroatoms. The van der Waals surface area contributed by atoms with Crippen LogP contribution >= 0.6 is 23.1 Å². The maximum atomic E-state index is 13.0. The molecule has 0 aliphatic heterocycles. The highest BCUT2D eigenvalue weighted by Gasteiger charge is 2.23. The lowest BCUT2D eigenvalue weighted by atomic mass is 10.0. The molecule has 2 heterocycles. The van der Waals surface area contributed by atoms with Crippen molar-refractivity contribution in [1.29, 1.82) is 0 Å².